The topological polar surface area (TPSA) is 79.8 Å². The average molecular weight is 571 g/mol. The second-order valence-electron chi connectivity index (χ2n) is 6.60. The standard InChI is InChI=1S/C20H24F3N3O3S.HI/c1-14-11-15(7-8-18(14)30(3,27)28)13-26-19(24-2)25-9-10-29-17-6-4-5-16(12-17)20(21,22)23;/h4-8,11-12H,9-10,13H2,1-3H3,(H2,24,25,26);1H. The smallest absolute Gasteiger partial charge is 0.416 e. The highest BCUT2D eigenvalue weighted by Crippen LogP contribution is 2.31. The minimum absolute atomic E-state index is 0. The van der Waals surface area contributed by atoms with E-state index < -0.39 is 21.6 Å². The molecule has 0 heterocycles. The number of hydrogen-bond donors (Lipinski definition) is 2. The van der Waals surface area contributed by atoms with Crippen LogP contribution in [0.1, 0.15) is 16.7 Å². The Labute approximate surface area is 197 Å². The number of halogens is 4. The summed E-state index contributed by atoms with van der Waals surface area (Å²) in [4.78, 5) is 4.36. The molecule has 0 aliphatic carbocycles. The lowest BCUT2D eigenvalue weighted by atomic mass is 10.1. The molecule has 11 heteroatoms. The zero-order chi connectivity index (χ0) is 22.4. The van der Waals surface area contributed by atoms with Crippen LogP contribution in [0, 0.1) is 6.92 Å². The maximum absolute atomic E-state index is 12.7. The number of aliphatic imine (C=N–C) groups is 1. The summed E-state index contributed by atoms with van der Waals surface area (Å²) in [6.07, 6.45) is -3.25. The quantitative estimate of drug-likeness (QED) is 0.229. The van der Waals surface area contributed by atoms with Crippen LogP contribution in [0.25, 0.3) is 0 Å². The van der Waals surface area contributed by atoms with Gasteiger partial charge in [0.15, 0.2) is 15.8 Å². The van der Waals surface area contributed by atoms with E-state index in [4.69, 9.17) is 4.74 Å². The van der Waals surface area contributed by atoms with Crippen molar-refractivity contribution < 1.29 is 26.3 Å². The molecule has 2 aromatic carbocycles. The number of ether oxygens (including phenoxy) is 1. The molecule has 2 rings (SSSR count). The number of hydrogen-bond acceptors (Lipinski definition) is 4. The number of sulfone groups is 1. The highest BCUT2D eigenvalue weighted by molar-refractivity contribution is 14.0. The SMILES string of the molecule is CN=C(NCCOc1cccc(C(F)(F)F)c1)NCc1ccc(S(C)(=O)=O)c(C)c1.I. The first-order valence-corrected chi connectivity index (χ1v) is 10.9. The first-order chi connectivity index (χ1) is 14.0. The van der Waals surface area contributed by atoms with Gasteiger partial charge in [0, 0.05) is 19.8 Å². The predicted octanol–water partition coefficient (Wildman–Crippen LogP) is 3.78. The maximum atomic E-state index is 12.7. The van der Waals surface area contributed by atoms with Crippen LogP contribution in [-0.4, -0.2) is 40.8 Å². The van der Waals surface area contributed by atoms with Gasteiger partial charge >= 0.3 is 6.18 Å². The van der Waals surface area contributed by atoms with Crippen LogP contribution in [0.2, 0.25) is 0 Å². The van der Waals surface area contributed by atoms with Crippen LogP contribution in [0.4, 0.5) is 13.2 Å². The Hall–Kier alpha value is -2.02. The molecule has 0 aromatic heterocycles. The maximum Gasteiger partial charge on any atom is 0.416 e. The Morgan fingerprint density at radius 2 is 1.84 bits per heavy atom. The third-order valence-electron chi connectivity index (χ3n) is 4.15. The van der Waals surface area contributed by atoms with E-state index in [1.807, 2.05) is 0 Å². The monoisotopic (exact) mass is 571 g/mol. The summed E-state index contributed by atoms with van der Waals surface area (Å²) in [6, 6.07) is 9.78. The van der Waals surface area contributed by atoms with Gasteiger partial charge in [0.1, 0.15) is 12.4 Å². The van der Waals surface area contributed by atoms with Crippen molar-refractivity contribution in [3.8, 4) is 5.75 Å². The Morgan fingerprint density at radius 3 is 2.42 bits per heavy atom. The van der Waals surface area contributed by atoms with Crippen molar-refractivity contribution in [2.75, 3.05) is 26.5 Å². The molecule has 0 fully saturated rings. The van der Waals surface area contributed by atoms with E-state index in [0.29, 0.717) is 29.5 Å². The van der Waals surface area contributed by atoms with E-state index in [1.54, 1.807) is 32.2 Å². The summed E-state index contributed by atoms with van der Waals surface area (Å²) < 4.78 is 66.9. The molecule has 2 N–H and O–H groups in total. The van der Waals surface area contributed by atoms with Gasteiger partial charge in [-0.1, -0.05) is 18.2 Å². The lowest BCUT2D eigenvalue weighted by Gasteiger charge is -2.14. The van der Waals surface area contributed by atoms with E-state index in [-0.39, 0.29) is 36.3 Å². The van der Waals surface area contributed by atoms with Gasteiger partial charge < -0.3 is 15.4 Å². The van der Waals surface area contributed by atoms with Gasteiger partial charge in [-0.05, 0) is 42.3 Å². The molecule has 0 spiro atoms. The molecule has 0 bridgehead atoms. The van der Waals surface area contributed by atoms with E-state index in [9.17, 15) is 21.6 Å². The lowest BCUT2D eigenvalue weighted by molar-refractivity contribution is -0.137. The molecule has 0 unspecified atom stereocenters. The molecule has 0 radical (unpaired) electrons. The Kier molecular flexibility index (Phi) is 10.1. The third-order valence-corrected chi connectivity index (χ3v) is 5.40. The van der Waals surface area contributed by atoms with Crippen LogP contribution < -0.4 is 15.4 Å². The van der Waals surface area contributed by atoms with Crippen molar-refractivity contribution in [1.29, 1.82) is 0 Å². The molecule has 0 amide bonds. The first kappa shape index (κ1) is 27.0. The largest absolute Gasteiger partial charge is 0.492 e. The van der Waals surface area contributed by atoms with Gasteiger partial charge in [0.05, 0.1) is 17.0 Å². The molecule has 6 nitrogen and oxygen atoms in total. The first-order valence-electron chi connectivity index (χ1n) is 9.05. The summed E-state index contributed by atoms with van der Waals surface area (Å²) in [5.74, 6) is 0.614. The van der Waals surface area contributed by atoms with Crippen molar-refractivity contribution in [1.82, 2.24) is 10.6 Å². The Bertz CT molecular complexity index is 1010. The predicted molar refractivity (Wildman–Crippen MR) is 125 cm³/mol. The minimum atomic E-state index is -4.42. The fraction of sp³-hybridized carbons (Fsp3) is 0.350. The summed E-state index contributed by atoms with van der Waals surface area (Å²) in [7, 11) is -1.68. The normalized spacial score (nSPS) is 12.1. The Balaban J connectivity index is 0.00000480. The van der Waals surface area contributed by atoms with Crippen LogP contribution in [0.3, 0.4) is 0 Å². The number of alkyl halides is 3. The molecule has 172 valence electrons. The zero-order valence-electron chi connectivity index (χ0n) is 17.3. The highest BCUT2D eigenvalue weighted by atomic mass is 127. The molecular weight excluding hydrogens is 546 g/mol. The van der Waals surface area contributed by atoms with Crippen LogP contribution in [0.15, 0.2) is 52.4 Å². The second kappa shape index (κ2) is 11.6. The fourth-order valence-corrected chi connectivity index (χ4v) is 3.70. The minimum Gasteiger partial charge on any atom is -0.492 e. The average Bonchev–Trinajstić information content (AvgIpc) is 2.66. The van der Waals surface area contributed by atoms with Crippen LogP contribution in [0.5, 0.6) is 5.75 Å². The van der Waals surface area contributed by atoms with Crippen molar-refractivity contribution in [2.24, 2.45) is 4.99 Å². The van der Waals surface area contributed by atoms with Gasteiger partial charge in [-0.15, -0.1) is 24.0 Å². The zero-order valence-corrected chi connectivity index (χ0v) is 20.4. The van der Waals surface area contributed by atoms with E-state index in [2.05, 4.69) is 15.6 Å². The van der Waals surface area contributed by atoms with Gasteiger partial charge in [-0.3, -0.25) is 4.99 Å². The number of nitrogens with zero attached hydrogens (tertiary/aromatic N) is 1. The number of benzene rings is 2. The highest BCUT2D eigenvalue weighted by Gasteiger charge is 2.30. The van der Waals surface area contributed by atoms with E-state index in [0.717, 1.165) is 17.7 Å². The molecule has 0 aliphatic rings. The number of guanidine groups is 1. The molecular formula is C20H25F3IN3O3S. The van der Waals surface area contributed by atoms with Crippen molar-refractivity contribution in [2.45, 2.75) is 24.5 Å². The number of rotatable bonds is 7. The summed E-state index contributed by atoms with van der Waals surface area (Å²) in [5, 5.41) is 6.08. The second-order valence-corrected chi connectivity index (χ2v) is 8.58. The van der Waals surface area contributed by atoms with E-state index >= 15 is 0 Å². The van der Waals surface area contributed by atoms with Crippen molar-refractivity contribution >= 4 is 39.8 Å². The molecule has 0 saturated heterocycles. The summed E-state index contributed by atoms with van der Waals surface area (Å²) in [6.45, 7) is 2.61. The molecule has 0 saturated carbocycles. The molecule has 0 atom stereocenters. The fourth-order valence-electron chi connectivity index (χ4n) is 2.74. The van der Waals surface area contributed by atoms with Crippen LogP contribution in [-0.2, 0) is 22.6 Å². The van der Waals surface area contributed by atoms with Crippen molar-refractivity contribution in [3.05, 3.63) is 59.2 Å². The van der Waals surface area contributed by atoms with Crippen molar-refractivity contribution in [3.63, 3.8) is 0 Å². The van der Waals surface area contributed by atoms with Crippen LogP contribution >= 0.6 is 24.0 Å². The molecule has 2 aromatic rings. The van der Waals surface area contributed by atoms with Gasteiger partial charge in [-0.25, -0.2) is 8.42 Å². The summed E-state index contributed by atoms with van der Waals surface area (Å²) in [5.41, 5.74) is 0.778. The lowest BCUT2D eigenvalue weighted by Crippen LogP contribution is -2.38. The van der Waals surface area contributed by atoms with E-state index in [1.165, 1.54) is 18.4 Å². The number of nitrogens with one attached hydrogen (secondary N) is 2. The molecule has 31 heavy (non-hydrogen) atoms. The molecule has 0 aliphatic heterocycles. The third kappa shape index (κ3) is 8.56. The van der Waals surface area contributed by atoms with Gasteiger partial charge in [0.2, 0.25) is 0 Å². The number of aryl methyl sites for hydroxylation is 1. The van der Waals surface area contributed by atoms with Gasteiger partial charge in [0.25, 0.3) is 0 Å². The Morgan fingerprint density at radius 1 is 1.13 bits per heavy atom. The summed E-state index contributed by atoms with van der Waals surface area (Å²) >= 11 is 0. The van der Waals surface area contributed by atoms with Gasteiger partial charge in [-0.2, -0.15) is 13.2 Å².